The van der Waals surface area contributed by atoms with Gasteiger partial charge in [-0.25, -0.2) is 4.98 Å². The van der Waals surface area contributed by atoms with Gasteiger partial charge in [-0.3, -0.25) is 0 Å². The highest BCUT2D eigenvalue weighted by molar-refractivity contribution is 7.99. The maximum atomic E-state index is 4.00. The second-order valence-corrected chi connectivity index (χ2v) is 4.89. The van der Waals surface area contributed by atoms with E-state index in [9.17, 15) is 0 Å². The van der Waals surface area contributed by atoms with Gasteiger partial charge in [0.2, 0.25) is 0 Å². The van der Waals surface area contributed by atoms with E-state index in [4.69, 9.17) is 0 Å². The van der Waals surface area contributed by atoms with Gasteiger partial charge >= 0.3 is 0 Å². The van der Waals surface area contributed by atoms with Gasteiger partial charge in [0.1, 0.15) is 0 Å². The minimum atomic E-state index is 0.749. The number of nitrogens with one attached hydrogen (secondary N) is 2. The predicted molar refractivity (Wildman–Crippen MR) is 60.6 cm³/mol. The number of thioether (sulfide) groups is 1. The van der Waals surface area contributed by atoms with E-state index in [0.717, 1.165) is 19.0 Å². The number of rotatable bonds is 4. The largest absolute Gasteiger partial charge is 0.348 e. The standard InChI is InChI=1S/C10H17N3S/c1(10-7-11-8-13-10)4-12-9-2-5-14-6-3-9/h7-9,12H,1-6H2,(H,11,13). The maximum absolute atomic E-state index is 4.00. The van der Waals surface area contributed by atoms with Crippen LogP contribution >= 0.6 is 11.8 Å². The lowest BCUT2D eigenvalue weighted by atomic mass is 10.1. The fourth-order valence-electron chi connectivity index (χ4n) is 1.73. The summed E-state index contributed by atoms with van der Waals surface area (Å²) in [5, 5.41) is 3.60. The zero-order chi connectivity index (χ0) is 9.64. The summed E-state index contributed by atoms with van der Waals surface area (Å²) in [7, 11) is 0. The number of H-pyrrole nitrogens is 1. The molecule has 0 atom stereocenters. The smallest absolute Gasteiger partial charge is 0.0921 e. The molecule has 14 heavy (non-hydrogen) atoms. The molecule has 0 unspecified atom stereocenters. The van der Waals surface area contributed by atoms with Crippen LogP contribution in [0, 0.1) is 0 Å². The first-order valence-electron chi connectivity index (χ1n) is 5.23. The molecule has 3 nitrogen and oxygen atoms in total. The fraction of sp³-hybridized carbons (Fsp3) is 0.700. The van der Waals surface area contributed by atoms with Crippen LogP contribution in [0.4, 0.5) is 0 Å². The van der Waals surface area contributed by atoms with Crippen molar-refractivity contribution in [1.29, 1.82) is 0 Å². The van der Waals surface area contributed by atoms with Crippen LogP contribution in [0.25, 0.3) is 0 Å². The molecule has 0 aromatic carbocycles. The average molecular weight is 211 g/mol. The third kappa shape index (κ3) is 3.03. The third-order valence-corrected chi connectivity index (χ3v) is 3.65. The first-order chi connectivity index (χ1) is 6.95. The summed E-state index contributed by atoms with van der Waals surface area (Å²) in [5.74, 6) is 2.64. The summed E-state index contributed by atoms with van der Waals surface area (Å²) < 4.78 is 0. The Morgan fingerprint density at radius 3 is 3.07 bits per heavy atom. The molecule has 1 aliphatic rings. The van der Waals surface area contributed by atoms with Gasteiger partial charge in [-0.1, -0.05) is 0 Å². The predicted octanol–water partition coefficient (Wildman–Crippen LogP) is 1.44. The molecule has 0 spiro atoms. The third-order valence-electron chi connectivity index (χ3n) is 2.60. The van der Waals surface area contributed by atoms with Crippen LogP contribution < -0.4 is 5.32 Å². The molecule has 0 aliphatic carbocycles. The first kappa shape index (κ1) is 10.1. The van der Waals surface area contributed by atoms with Crippen molar-refractivity contribution in [2.45, 2.75) is 25.3 Å². The Morgan fingerprint density at radius 1 is 1.50 bits per heavy atom. The summed E-state index contributed by atoms with van der Waals surface area (Å²) >= 11 is 2.07. The molecule has 0 bridgehead atoms. The van der Waals surface area contributed by atoms with Crippen LogP contribution in [-0.4, -0.2) is 34.1 Å². The van der Waals surface area contributed by atoms with E-state index < -0.39 is 0 Å². The average Bonchev–Trinajstić information content (AvgIpc) is 2.72. The Kier molecular flexibility index (Phi) is 3.89. The highest BCUT2D eigenvalue weighted by Crippen LogP contribution is 2.16. The molecule has 1 saturated heterocycles. The molecule has 2 heterocycles. The Hall–Kier alpha value is -0.480. The highest BCUT2D eigenvalue weighted by Gasteiger charge is 2.12. The van der Waals surface area contributed by atoms with Crippen LogP contribution in [-0.2, 0) is 6.42 Å². The summed E-state index contributed by atoms with van der Waals surface area (Å²) in [6.45, 7) is 1.07. The van der Waals surface area contributed by atoms with Crippen molar-refractivity contribution in [2.24, 2.45) is 0 Å². The quantitative estimate of drug-likeness (QED) is 0.791. The minimum Gasteiger partial charge on any atom is -0.348 e. The van der Waals surface area contributed by atoms with Crippen molar-refractivity contribution in [3.05, 3.63) is 18.2 Å². The van der Waals surface area contributed by atoms with E-state index in [-0.39, 0.29) is 0 Å². The topological polar surface area (TPSA) is 40.7 Å². The molecular weight excluding hydrogens is 194 g/mol. The Bertz CT molecular complexity index is 242. The number of aromatic amines is 1. The van der Waals surface area contributed by atoms with Crippen LogP contribution in [0.15, 0.2) is 12.5 Å². The van der Waals surface area contributed by atoms with Crippen molar-refractivity contribution in [1.82, 2.24) is 15.3 Å². The van der Waals surface area contributed by atoms with Gasteiger partial charge in [0, 0.05) is 30.9 Å². The second kappa shape index (κ2) is 5.41. The molecule has 1 aromatic rings. The van der Waals surface area contributed by atoms with Crippen molar-refractivity contribution in [3.8, 4) is 0 Å². The zero-order valence-corrected chi connectivity index (χ0v) is 9.15. The number of aromatic nitrogens is 2. The molecule has 0 saturated carbocycles. The van der Waals surface area contributed by atoms with E-state index in [1.165, 1.54) is 30.0 Å². The van der Waals surface area contributed by atoms with Gasteiger partial charge in [-0.05, 0) is 24.3 Å². The minimum absolute atomic E-state index is 0.749. The summed E-state index contributed by atoms with van der Waals surface area (Å²) in [5.41, 5.74) is 1.22. The van der Waals surface area contributed by atoms with E-state index >= 15 is 0 Å². The van der Waals surface area contributed by atoms with Crippen molar-refractivity contribution >= 4 is 11.8 Å². The lowest BCUT2D eigenvalue weighted by molar-refractivity contribution is 0.485. The molecule has 4 heteroatoms. The van der Waals surface area contributed by atoms with Crippen molar-refractivity contribution in [3.63, 3.8) is 0 Å². The molecule has 0 radical (unpaired) electrons. The first-order valence-corrected chi connectivity index (χ1v) is 6.39. The number of imidazole rings is 1. The SMILES string of the molecule is c1ncc(CCNC2CCSCC2)[nH]1. The molecule has 0 amide bonds. The van der Waals surface area contributed by atoms with Crippen molar-refractivity contribution in [2.75, 3.05) is 18.1 Å². The summed E-state index contributed by atoms with van der Waals surface area (Å²) in [6.07, 6.45) is 7.36. The van der Waals surface area contributed by atoms with Gasteiger partial charge in [0.05, 0.1) is 6.33 Å². The molecule has 1 aliphatic heterocycles. The zero-order valence-electron chi connectivity index (χ0n) is 8.33. The number of hydrogen-bond acceptors (Lipinski definition) is 3. The lowest BCUT2D eigenvalue weighted by Gasteiger charge is -2.22. The van der Waals surface area contributed by atoms with E-state index in [0.29, 0.717) is 0 Å². The summed E-state index contributed by atoms with van der Waals surface area (Å²) in [6, 6.07) is 0.749. The monoisotopic (exact) mass is 211 g/mol. The lowest BCUT2D eigenvalue weighted by Crippen LogP contribution is -2.33. The molecule has 78 valence electrons. The van der Waals surface area contributed by atoms with Gasteiger partial charge < -0.3 is 10.3 Å². The van der Waals surface area contributed by atoms with E-state index in [1.54, 1.807) is 6.33 Å². The van der Waals surface area contributed by atoms with Gasteiger partial charge in [-0.2, -0.15) is 11.8 Å². The number of hydrogen-bond donors (Lipinski definition) is 2. The highest BCUT2D eigenvalue weighted by atomic mass is 32.2. The maximum Gasteiger partial charge on any atom is 0.0921 e. The fourth-order valence-corrected chi connectivity index (χ4v) is 2.84. The van der Waals surface area contributed by atoms with Crippen LogP contribution in [0.5, 0.6) is 0 Å². The van der Waals surface area contributed by atoms with E-state index in [2.05, 4.69) is 27.0 Å². The van der Waals surface area contributed by atoms with Crippen LogP contribution in [0.3, 0.4) is 0 Å². The molecular formula is C10H17N3S. The summed E-state index contributed by atoms with van der Waals surface area (Å²) in [4.78, 5) is 7.12. The van der Waals surface area contributed by atoms with Gasteiger partial charge in [0.25, 0.3) is 0 Å². The number of nitrogens with zero attached hydrogens (tertiary/aromatic N) is 1. The molecule has 2 rings (SSSR count). The van der Waals surface area contributed by atoms with E-state index in [1.807, 2.05) is 6.20 Å². The van der Waals surface area contributed by atoms with Gasteiger partial charge in [0.15, 0.2) is 0 Å². The van der Waals surface area contributed by atoms with Crippen molar-refractivity contribution < 1.29 is 0 Å². The normalized spacial score (nSPS) is 18.6. The van der Waals surface area contributed by atoms with Crippen LogP contribution in [0.2, 0.25) is 0 Å². The molecule has 2 N–H and O–H groups in total. The Morgan fingerprint density at radius 2 is 2.36 bits per heavy atom. The molecule has 1 fully saturated rings. The Labute approximate surface area is 89.1 Å². The second-order valence-electron chi connectivity index (χ2n) is 3.67. The molecule has 1 aromatic heterocycles. The Balaban J connectivity index is 1.62. The van der Waals surface area contributed by atoms with Gasteiger partial charge in [-0.15, -0.1) is 0 Å². The van der Waals surface area contributed by atoms with Crippen LogP contribution in [0.1, 0.15) is 18.5 Å².